The maximum absolute atomic E-state index is 11.9. The van der Waals surface area contributed by atoms with Crippen molar-refractivity contribution in [2.24, 2.45) is 5.73 Å². The van der Waals surface area contributed by atoms with Crippen molar-refractivity contribution >= 4 is 5.91 Å². The molecule has 9 nitrogen and oxygen atoms in total. The summed E-state index contributed by atoms with van der Waals surface area (Å²) in [5.74, 6) is 1.40. The Morgan fingerprint density at radius 3 is 2.86 bits per heavy atom. The van der Waals surface area contributed by atoms with Gasteiger partial charge in [-0.3, -0.25) is 14.2 Å². The summed E-state index contributed by atoms with van der Waals surface area (Å²) in [6.07, 6.45) is 2.36. The molecule has 0 atom stereocenters. The van der Waals surface area contributed by atoms with E-state index in [9.17, 15) is 4.79 Å². The standard InChI is InChI=1S/C12H20N8O/c1-9-15-10(2)20(17-9)6-3-5-14-12(21)11-8-19(7-4-13)18-16-11/h8H,3-7,13H2,1-2H3,(H,14,21). The SMILES string of the molecule is Cc1nc(C)n(CCCNC(=O)c2cn(CCN)nn2)n1. The van der Waals surface area contributed by atoms with Gasteiger partial charge < -0.3 is 11.1 Å². The molecule has 0 spiro atoms. The highest BCUT2D eigenvalue weighted by atomic mass is 16.2. The van der Waals surface area contributed by atoms with Crippen molar-refractivity contribution in [3.63, 3.8) is 0 Å². The normalized spacial score (nSPS) is 10.8. The molecule has 21 heavy (non-hydrogen) atoms. The second-order valence-corrected chi connectivity index (χ2v) is 4.69. The van der Waals surface area contributed by atoms with Crippen LogP contribution in [0.5, 0.6) is 0 Å². The lowest BCUT2D eigenvalue weighted by atomic mass is 10.4. The van der Waals surface area contributed by atoms with Crippen LogP contribution in [-0.4, -0.2) is 48.8 Å². The van der Waals surface area contributed by atoms with Gasteiger partial charge in [0.1, 0.15) is 11.6 Å². The minimum atomic E-state index is -0.232. The molecule has 0 aliphatic carbocycles. The first-order valence-electron chi connectivity index (χ1n) is 6.86. The molecule has 0 radical (unpaired) electrons. The minimum Gasteiger partial charge on any atom is -0.351 e. The highest BCUT2D eigenvalue weighted by Gasteiger charge is 2.10. The van der Waals surface area contributed by atoms with E-state index in [-0.39, 0.29) is 5.91 Å². The second kappa shape index (κ2) is 6.93. The fourth-order valence-electron chi connectivity index (χ4n) is 1.94. The summed E-state index contributed by atoms with van der Waals surface area (Å²) in [5, 5.41) is 14.7. The van der Waals surface area contributed by atoms with Crippen molar-refractivity contribution in [3.05, 3.63) is 23.5 Å². The zero-order chi connectivity index (χ0) is 15.2. The predicted molar refractivity (Wildman–Crippen MR) is 75.5 cm³/mol. The van der Waals surface area contributed by atoms with Gasteiger partial charge in [-0.15, -0.1) is 5.10 Å². The van der Waals surface area contributed by atoms with Gasteiger partial charge in [0.15, 0.2) is 5.69 Å². The summed E-state index contributed by atoms with van der Waals surface area (Å²) in [4.78, 5) is 16.1. The molecule has 2 rings (SSSR count). The Balaban J connectivity index is 1.75. The number of hydrogen-bond acceptors (Lipinski definition) is 6. The van der Waals surface area contributed by atoms with E-state index in [0.717, 1.165) is 18.1 Å². The summed E-state index contributed by atoms with van der Waals surface area (Å²) in [6.45, 7) is 6.03. The third-order valence-electron chi connectivity index (χ3n) is 2.92. The van der Waals surface area contributed by atoms with Gasteiger partial charge >= 0.3 is 0 Å². The van der Waals surface area contributed by atoms with Crippen molar-refractivity contribution in [2.45, 2.75) is 33.4 Å². The van der Waals surface area contributed by atoms with Crippen LogP contribution >= 0.6 is 0 Å². The average molecular weight is 292 g/mol. The molecule has 0 aliphatic rings. The molecule has 3 N–H and O–H groups in total. The average Bonchev–Trinajstić information content (AvgIpc) is 3.02. The molecule has 9 heteroatoms. The molecule has 0 fully saturated rings. The van der Waals surface area contributed by atoms with E-state index in [2.05, 4.69) is 25.7 Å². The molecular formula is C12H20N8O. The molecule has 2 aromatic heterocycles. The summed E-state index contributed by atoms with van der Waals surface area (Å²) in [6, 6.07) is 0. The Labute approximate surface area is 122 Å². The molecule has 2 aromatic rings. The van der Waals surface area contributed by atoms with Crippen LogP contribution in [0.4, 0.5) is 0 Å². The molecule has 0 bridgehead atoms. The number of carbonyl (C=O) groups excluding carboxylic acids is 1. The molecular weight excluding hydrogens is 272 g/mol. The van der Waals surface area contributed by atoms with Crippen LogP contribution in [0, 0.1) is 13.8 Å². The van der Waals surface area contributed by atoms with Crippen LogP contribution in [0.15, 0.2) is 6.20 Å². The summed E-state index contributed by atoms with van der Waals surface area (Å²) in [5.41, 5.74) is 5.71. The zero-order valence-electron chi connectivity index (χ0n) is 12.3. The summed E-state index contributed by atoms with van der Waals surface area (Å²) >= 11 is 0. The largest absolute Gasteiger partial charge is 0.351 e. The van der Waals surface area contributed by atoms with Gasteiger partial charge in [-0.05, 0) is 20.3 Å². The van der Waals surface area contributed by atoms with E-state index in [1.807, 2.05) is 18.5 Å². The summed E-state index contributed by atoms with van der Waals surface area (Å²) < 4.78 is 3.38. The van der Waals surface area contributed by atoms with Crippen molar-refractivity contribution in [1.82, 2.24) is 35.1 Å². The van der Waals surface area contributed by atoms with E-state index >= 15 is 0 Å². The van der Waals surface area contributed by atoms with Crippen LogP contribution in [0.1, 0.15) is 28.6 Å². The van der Waals surface area contributed by atoms with E-state index in [0.29, 0.717) is 31.9 Å². The Morgan fingerprint density at radius 1 is 1.38 bits per heavy atom. The first-order chi connectivity index (χ1) is 10.1. The second-order valence-electron chi connectivity index (χ2n) is 4.69. The number of rotatable bonds is 7. The maximum Gasteiger partial charge on any atom is 0.273 e. The van der Waals surface area contributed by atoms with Crippen molar-refractivity contribution in [1.29, 1.82) is 0 Å². The quantitative estimate of drug-likeness (QED) is 0.650. The lowest BCUT2D eigenvalue weighted by molar-refractivity contribution is 0.0947. The van der Waals surface area contributed by atoms with E-state index < -0.39 is 0 Å². The number of nitrogens with zero attached hydrogens (tertiary/aromatic N) is 6. The molecule has 114 valence electrons. The van der Waals surface area contributed by atoms with E-state index in [4.69, 9.17) is 5.73 Å². The molecule has 1 amide bonds. The highest BCUT2D eigenvalue weighted by Crippen LogP contribution is 1.98. The number of hydrogen-bond donors (Lipinski definition) is 2. The summed E-state index contributed by atoms with van der Waals surface area (Å²) in [7, 11) is 0. The zero-order valence-corrected chi connectivity index (χ0v) is 12.3. The number of aryl methyl sites for hydroxylation is 3. The minimum absolute atomic E-state index is 0.232. The predicted octanol–water partition coefficient (Wildman–Crippen LogP) is -0.735. The van der Waals surface area contributed by atoms with Crippen molar-refractivity contribution < 1.29 is 4.79 Å². The van der Waals surface area contributed by atoms with Crippen LogP contribution in [-0.2, 0) is 13.1 Å². The van der Waals surface area contributed by atoms with Gasteiger partial charge in [0.2, 0.25) is 0 Å². The van der Waals surface area contributed by atoms with E-state index in [1.54, 1.807) is 10.9 Å². The highest BCUT2D eigenvalue weighted by molar-refractivity contribution is 5.91. The topological polar surface area (TPSA) is 117 Å². The van der Waals surface area contributed by atoms with Gasteiger partial charge in [0.25, 0.3) is 5.91 Å². The Morgan fingerprint density at radius 2 is 2.19 bits per heavy atom. The third-order valence-corrected chi connectivity index (χ3v) is 2.92. The van der Waals surface area contributed by atoms with Crippen LogP contribution < -0.4 is 11.1 Å². The number of carbonyl (C=O) groups is 1. The smallest absolute Gasteiger partial charge is 0.273 e. The van der Waals surface area contributed by atoms with E-state index in [1.165, 1.54) is 0 Å². The number of nitrogens with one attached hydrogen (secondary N) is 1. The third kappa shape index (κ3) is 4.09. The fourth-order valence-corrected chi connectivity index (χ4v) is 1.94. The lowest BCUT2D eigenvalue weighted by Gasteiger charge is -2.04. The molecule has 2 heterocycles. The Kier molecular flexibility index (Phi) is 4.99. The Bertz CT molecular complexity index is 602. The van der Waals surface area contributed by atoms with Gasteiger partial charge in [-0.25, -0.2) is 4.98 Å². The van der Waals surface area contributed by atoms with Crippen LogP contribution in [0.2, 0.25) is 0 Å². The molecule has 0 saturated carbocycles. The molecule has 0 saturated heterocycles. The maximum atomic E-state index is 11.9. The molecule has 0 aliphatic heterocycles. The van der Waals surface area contributed by atoms with Gasteiger partial charge in [-0.2, -0.15) is 5.10 Å². The number of aromatic nitrogens is 6. The fraction of sp³-hybridized carbons (Fsp3) is 0.583. The first-order valence-corrected chi connectivity index (χ1v) is 6.86. The Hall–Kier alpha value is -2.29. The van der Waals surface area contributed by atoms with Gasteiger partial charge in [0.05, 0.1) is 12.7 Å². The monoisotopic (exact) mass is 292 g/mol. The lowest BCUT2D eigenvalue weighted by Crippen LogP contribution is -2.25. The first kappa shape index (κ1) is 15.1. The van der Waals surface area contributed by atoms with Crippen molar-refractivity contribution in [2.75, 3.05) is 13.1 Å². The van der Waals surface area contributed by atoms with Gasteiger partial charge in [-0.1, -0.05) is 5.21 Å². The molecule has 0 unspecified atom stereocenters. The van der Waals surface area contributed by atoms with Crippen LogP contribution in [0.25, 0.3) is 0 Å². The number of nitrogens with two attached hydrogens (primary N) is 1. The van der Waals surface area contributed by atoms with Gasteiger partial charge in [0, 0.05) is 19.6 Å². The van der Waals surface area contributed by atoms with Crippen LogP contribution in [0.3, 0.4) is 0 Å². The van der Waals surface area contributed by atoms with Crippen molar-refractivity contribution in [3.8, 4) is 0 Å². The molecule has 0 aromatic carbocycles. The number of amides is 1.